The molecule has 0 spiro atoms. The van der Waals surface area contributed by atoms with Crippen molar-refractivity contribution in [2.45, 2.75) is 0 Å². The molecule has 0 bridgehead atoms. The van der Waals surface area contributed by atoms with Gasteiger partial charge in [-0.15, -0.1) is 12.4 Å². The standard InChI is InChI=1S/C13H12ClN3O4S.ClH/c1-22(20,21)17(10-4-2-3-9(14)7-10)11-5-6-15-12(8-11)13(18)16-19;/h2-8,19H,1H3,(H,16,18);1H. The summed E-state index contributed by atoms with van der Waals surface area (Å²) in [5, 5.41) is 9.01. The minimum Gasteiger partial charge on any atom is -0.288 e. The average Bonchev–Trinajstić information content (AvgIpc) is 2.45. The number of hydrogen-bond donors (Lipinski definition) is 2. The number of nitrogens with one attached hydrogen (secondary N) is 1. The number of sulfonamides is 1. The van der Waals surface area contributed by atoms with Crippen LogP contribution in [0.3, 0.4) is 0 Å². The second kappa shape index (κ2) is 7.60. The number of pyridine rings is 1. The largest absolute Gasteiger partial charge is 0.293 e. The van der Waals surface area contributed by atoms with Gasteiger partial charge in [0.25, 0.3) is 5.91 Å². The van der Waals surface area contributed by atoms with E-state index in [0.717, 1.165) is 10.6 Å². The number of carbonyl (C=O) groups excluding carboxylic acids is 1. The van der Waals surface area contributed by atoms with Crippen LogP contribution in [0.2, 0.25) is 5.02 Å². The molecular formula is C13H13Cl2N3O4S. The first-order chi connectivity index (χ1) is 10.3. The zero-order valence-electron chi connectivity index (χ0n) is 11.8. The van der Waals surface area contributed by atoms with E-state index in [1.165, 1.54) is 29.9 Å². The quantitative estimate of drug-likeness (QED) is 0.629. The first-order valence-electron chi connectivity index (χ1n) is 5.99. The van der Waals surface area contributed by atoms with Crippen LogP contribution in [0.15, 0.2) is 42.6 Å². The molecule has 0 aliphatic rings. The van der Waals surface area contributed by atoms with E-state index in [4.69, 9.17) is 16.8 Å². The molecule has 1 aromatic carbocycles. The van der Waals surface area contributed by atoms with Gasteiger partial charge in [0.1, 0.15) is 5.69 Å². The molecule has 0 aliphatic heterocycles. The summed E-state index contributed by atoms with van der Waals surface area (Å²) >= 11 is 5.90. The summed E-state index contributed by atoms with van der Waals surface area (Å²) in [6.07, 6.45) is 2.29. The predicted octanol–water partition coefficient (Wildman–Crippen LogP) is 2.37. The van der Waals surface area contributed by atoms with Crippen molar-refractivity contribution in [1.82, 2.24) is 10.5 Å². The van der Waals surface area contributed by atoms with Crippen molar-refractivity contribution < 1.29 is 18.4 Å². The van der Waals surface area contributed by atoms with E-state index in [1.807, 2.05) is 0 Å². The number of benzene rings is 1. The van der Waals surface area contributed by atoms with Crippen molar-refractivity contribution in [3.8, 4) is 0 Å². The fraction of sp³-hybridized carbons (Fsp3) is 0.0769. The van der Waals surface area contributed by atoms with E-state index in [-0.39, 0.29) is 23.8 Å². The number of anilines is 2. The lowest BCUT2D eigenvalue weighted by molar-refractivity contribution is 0.0701. The molecule has 23 heavy (non-hydrogen) atoms. The second-order valence-electron chi connectivity index (χ2n) is 4.35. The van der Waals surface area contributed by atoms with Crippen molar-refractivity contribution in [2.24, 2.45) is 0 Å². The molecular weight excluding hydrogens is 365 g/mol. The molecule has 2 aromatic rings. The average molecular weight is 378 g/mol. The number of nitrogens with zero attached hydrogens (tertiary/aromatic N) is 2. The minimum absolute atomic E-state index is 0. The Morgan fingerprint density at radius 3 is 2.48 bits per heavy atom. The molecule has 0 aliphatic carbocycles. The lowest BCUT2D eigenvalue weighted by Gasteiger charge is -2.22. The van der Waals surface area contributed by atoms with Gasteiger partial charge < -0.3 is 0 Å². The van der Waals surface area contributed by atoms with Gasteiger partial charge in [0.05, 0.1) is 17.6 Å². The van der Waals surface area contributed by atoms with Crippen LogP contribution in [0.5, 0.6) is 0 Å². The summed E-state index contributed by atoms with van der Waals surface area (Å²) < 4.78 is 25.2. The lowest BCUT2D eigenvalue weighted by atomic mass is 10.2. The van der Waals surface area contributed by atoms with Crippen molar-refractivity contribution in [2.75, 3.05) is 10.6 Å². The van der Waals surface area contributed by atoms with Gasteiger partial charge in [-0.1, -0.05) is 17.7 Å². The molecule has 1 amide bonds. The van der Waals surface area contributed by atoms with E-state index in [2.05, 4.69) is 4.98 Å². The number of aromatic nitrogens is 1. The molecule has 10 heteroatoms. The highest BCUT2D eigenvalue weighted by Crippen LogP contribution is 2.30. The maximum Gasteiger partial charge on any atom is 0.293 e. The SMILES string of the molecule is CS(=O)(=O)N(c1cccc(Cl)c1)c1ccnc(C(=O)NO)c1.Cl. The highest BCUT2D eigenvalue weighted by Gasteiger charge is 2.21. The van der Waals surface area contributed by atoms with Gasteiger partial charge in [-0.2, -0.15) is 0 Å². The molecule has 1 aromatic heterocycles. The fourth-order valence-corrected chi connectivity index (χ4v) is 3.04. The normalized spacial score (nSPS) is 10.6. The third-order valence-electron chi connectivity index (χ3n) is 2.69. The summed E-state index contributed by atoms with van der Waals surface area (Å²) in [6.45, 7) is 0. The number of hydrogen-bond acceptors (Lipinski definition) is 5. The van der Waals surface area contributed by atoms with Crippen LogP contribution in [0.1, 0.15) is 10.5 Å². The topological polar surface area (TPSA) is 99.6 Å². The summed E-state index contributed by atoms with van der Waals surface area (Å²) in [5.41, 5.74) is 1.82. The zero-order chi connectivity index (χ0) is 16.3. The van der Waals surface area contributed by atoms with Gasteiger partial charge >= 0.3 is 0 Å². The van der Waals surface area contributed by atoms with Crippen LogP contribution in [-0.2, 0) is 10.0 Å². The maximum absolute atomic E-state index is 12.1. The van der Waals surface area contributed by atoms with E-state index in [1.54, 1.807) is 18.2 Å². The summed E-state index contributed by atoms with van der Waals surface area (Å²) in [6, 6.07) is 8.94. The number of carbonyl (C=O) groups is 1. The molecule has 0 saturated heterocycles. The molecule has 0 radical (unpaired) electrons. The maximum atomic E-state index is 12.1. The Morgan fingerprint density at radius 2 is 1.91 bits per heavy atom. The van der Waals surface area contributed by atoms with Crippen LogP contribution < -0.4 is 9.79 Å². The third-order valence-corrected chi connectivity index (χ3v) is 4.01. The molecule has 0 saturated carbocycles. The predicted molar refractivity (Wildman–Crippen MR) is 89.2 cm³/mol. The Morgan fingerprint density at radius 1 is 1.26 bits per heavy atom. The summed E-state index contributed by atoms with van der Waals surface area (Å²) in [5.74, 6) is -0.846. The van der Waals surface area contributed by atoms with Crippen molar-refractivity contribution in [3.63, 3.8) is 0 Å². The lowest BCUT2D eigenvalue weighted by Crippen LogP contribution is -2.26. The van der Waals surface area contributed by atoms with Gasteiger partial charge in [0.15, 0.2) is 0 Å². The van der Waals surface area contributed by atoms with E-state index in [0.29, 0.717) is 10.7 Å². The molecule has 0 unspecified atom stereocenters. The van der Waals surface area contributed by atoms with Crippen LogP contribution in [0.25, 0.3) is 0 Å². The molecule has 1 heterocycles. The number of halogens is 2. The van der Waals surface area contributed by atoms with Gasteiger partial charge in [-0.25, -0.2) is 18.2 Å². The smallest absolute Gasteiger partial charge is 0.288 e. The first-order valence-corrected chi connectivity index (χ1v) is 8.22. The van der Waals surface area contributed by atoms with Gasteiger partial charge in [-0.05, 0) is 30.3 Å². The van der Waals surface area contributed by atoms with E-state index < -0.39 is 15.9 Å². The highest BCUT2D eigenvalue weighted by atomic mass is 35.5. The molecule has 124 valence electrons. The molecule has 2 N–H and O–H groups in total. The summed E-state index contributed by atoms with van der Waals surface area (Å²) in [7, 11) is -3.68. The molecule has 0 fully saturated rings. The Hall–Kier alpha value is -1.87. The van der Waals surface area contributed by atoms with Gasteiger partial charge in [0.2, 0.25) is 10.0 Å². The van der Waals surface area contributed by atoms with Gasteiger partial charge in [-0.3, -0.25) is 15.0 Å². The Kier molecular flexibility index (Phi) is 6.34. The molecule has 2 rings (SSSR count). The van der Waals surface area contributed by atoms with Crippen molar-refractivity contribution in [3.05, 3.63) is 53.3 Å². The van der Waals surface area contributed by atoms with Gasteiger partial charge in [0, 0.05) is 11.2 Å². The monoisotopic (exact) mass is 377 g/mol. The Balaban J connectivity index is 0.00000264. The zero-order valence-corrected chi connectivity index (χ0v) is 14.2. The van der Waals surface area contributed by atoms with E-state index in [9.17, 15) is 13.2 Å². The van der Waals surface area contributed by atoms with Crippen molar-refractivity contribution in [1.29, 1.82) is 0 Å². The van der Waals surface area contributed by atoms with E-state index >= 15 is 0 Å². The number of hydroxylamine groups is 1. The highest BCUT2D eigenvalue weighted by molar-refractivity contribution is 7.92. The number of amides is 1. The van der Waals surface area contributed by atoms with Crippen LogP contribution in [0, 0.1) is 0 Å². The van der Waals surface area contributed by atoms with Crippen LogP contribution in [-0.4, -0.2) is 30.8 Å². The second-order valence-corrected chi connectivity index (χ2v) is 6.62. The Labute approximate surface area is 144 Å². The fourth-order valence-electron chi connectivity index (χ4n) is 1.86. The summed E-state index contributed by atoms with van der Waals surface area (Å²) in [4.78, 5) is 15.2. The minimum atomic E-state index is -3.68. The number of rotatable bonds is 4. The molecule has 7 nitrogen and oxygen atoms in total. The van der Waals surface area contributed by atoms with Crippen molar-refractivity contribution >= 4 is 51.3 Å². The van der Waals surface area contributed by atoms with Crippen LogP contribution >= 0.6 is 24.0 Å². The van der Waals surface area contributed by atoms with Crippen LogP contribution in [0.4, 0.5) is 11.4 Å². The first kappa shape index (κ1) is 19.2. The Bertz CT molecular complexity index is 814. The third kappa shape index (κ3) is 4.55. The molecule has 0 atom stereocenters.